The fourth-order valence-electron chi connectivity index (χ4n) is 8.25. The van der Waals surface area contributed by atoms with Crippen molar-refractivity contribution >= 4 is 53.7 Å². The molecule has 2 N–H and O–H groups in total. The molecule has 19 heteroatoms. The van der Waals surface area contributed by atoms with E-state index in [1.807, 2.05) is 92.6 Å². The van der Waals surface area contributed by atoms with Crippen LogP contribution in [0, 0.1) is 5.92 Å². The smallest absolute Gasteiger partial charge is 0.410 e. The fraction of sp³-hybridized carbons (Fsp3) is 0.758. The van der Waals surface area contributed by atoms with Crippen LogP contribution >= 0.6 is 0 Å². The topological polar surface area (TPSA) is 245 Å². The quantitative estimate of drug-likeness (QED) is 0.0284. The van der Waals surface area contributed by atoms with E-state index in [4.69, 9.17) is 34.3 Å². The molecule has 1 heterocycles. The number of Topliss-reactive ketones (excluding diaryl/α,β-unsaturated/α-hetero) is 1. The second-order valence-corrected chi connectivity index (χ2v) is 24.9. The number of rotatable bonds is 36. The molecule has 1 saturated heterocycles. The van der Waals surface area contributed by atoms with Gasteiger partial charge in [-0.05, 0) is 147 Å². The molecule has 1 aromatic carbocycles. The molecular formula is C62H104N4O15. The van der Waals surface area contributed by atoms with Gasteiger partial charge in [0.1, 0.15) is 34.8 Å². The van der Waals surface area contributed by atoms with Crippen molar-refractivity contribution in [2.45, 2.75) is 266 Å². The van der Waals surface area contributed by atoms with E-state index in [1.165, 1.54) is 19.3 Å². The molecule has 1 atom stereocenters. The zero-order valence-corrected chi connectivity index (χ0v) is 51.7. The van der Waals surface area contributed by atoms with Crippen molar-refractivity contribution < 1.29 is 71.7 Å². The number of imide groups is 1. The molecule has 1 fully saturated rings. The molecule has 2 rings (SSSR count). The predicted molar refractivity (Wildman–Crippen MR) is 310 cm³/mol. The monoisotopic (exact) mass is 1140 g/mol. The molecule has 0 saturated carbocycles. The molecule has 0 aromatic heterocycles. The van der Waals surface area contributed by atoms with Crippen LogP contribution in [0.25, 0.3) is 0 Å². The van der Waals surface area contributed by atoms with E-state index < -0.39 is 52.1 Å². The summed E-state index contributed by atoms with van der Waals surface area (Å²) in [5, 5.41) is 0.479. The Morgan fingerprint density at radius 3 is 1.36 bits per heavy atom. The SMILES string of the molecule is CC(C)(C)OC(=O)CCCCCCCCCCCCCC(=O)C[C@@H](CCC(=O)ON1C(=O)CCC1=O)C(=O)OC(C)(C)C.CC(C)(C)OC(=O)N(CCCN)CCCCN(CCCCC(=O)OCc1ccccc1)C(=O)OC(C)(C)C. The first kappa shape index (κ1) is 73.4. The number of carbonyl (C=O) groups excluding carboxylic acids is 9. The Morgan fingerprint density at radius 2 is 0.901 bits per heavy atom. The molecule has 0 unspecified atom stereocenters. The van der Waals surface area contributed by atoms with Gasteiger partial charge in [-0.15, -0.1) is 5.06 Å². The number of ether oxygens (including phenoxy) is 5. The van der Waals surface area contributed by atoms with Crippen LogP contribution in [0.2, 0.25) is 0 Å². The Kier molecular flexibility index (Phi) is 35.3. The molecule has 1 aromatic rings. The third kappa shape index (κ3) is 39.5. The normalized spacial score (nSPS) is 13.1. The third-order valence-corrected chi connectivity index (χ3v) is 12.2. The summed E-state index contributed by atoms with van der Waals surface area (Å²) in [6.07, 6.45) is 15.2. The second kappa shape index (κ2) is 39.0. The Hall–Kier alpha value is -5.59. The Labute approximate surface area is 485 Å². The average Bonchev–Trinajstić information content (AvgIpc) is 3.68. The molecule has 0 radical (unpaired) electrons. The van der Waals surface area contributed by atoms with Crippen molar-refractivity contribution in [2.75, 3.05) is 32.7 Å². The number of nitrogens with two attached hydrogens (primary N) is 1. The zero-order chi connectivity index (χ0) is 61.1. The minimum Gasteiger partial charge on any atom is -0.461 e. The van der Waals surface area contributed by atoms with Crippen molar-refractivity contribution in [3.05, 3.63) is 35.9 Å². The van der Waals surface area contributed by atoms with Crippen molar-refractivity contribution in [3.63, 3.8) is 0 Å². The van der Waals surface area contributed by atoms with Crippen LogP contribution < -0.4 is 5.73 Å². The molecule has 1 aliphatic rings. The van der Waals surface area contributed by atoms with E-state index in [-0.39, 0.29) is 68.6 Å². The van der Waals surface area contributed by atoms with Crippen LogP contribution in [-0.4, -0.2) is 124 Å². The van der Waals surface area contributed by atoms with Crippen LogP contribution in [-0.2, 0) is 68.7 Å². The Bertz CT molecular complexity index is 2040. The highest BCUT2D eigenvalue weighted by atomic mass is 16.7. The van der Waals surface area contributed by atoms with Gasteiger partial charge < -0.3 is 44.1 Å². The number of hydrogen-bond donors (Lipinski definition) is 1. The Balaban J connectivity index is 0.000000816. The predicted octanol–water partition coefficient (Wildman–Crippen LogP) is 12.2. The van der Waals surface area contributed by atoms with E-state index >= 15 is 0 Å². The lowest BCUT2D eigenvalue weighted by atomic mass is 9.94. The zero-order valence-electron chi connectivity index (χ0n) is 51.7. The molecule has 4 amide bonds. The van der Waals surface area contributed by atoms with Crippen LogP contribution in [0.5, 0.6) is 0 Å². The Morgan fingerprint density at radius 1 is 0.494 bits per heavy atom. The summed E-state index contributed by atoms with van der Waals surface area (Å²) >= 11 is 0. The van der Waals surface area contributed by atoms with E-state index in [0.29, 0.717) is 89.2 Å². The summed E-state index contributed by atoms with van der Waals surface area (Å²) in [7, 11) is 0. The highest BCUT2D eigenvalue weighted by Crippen LogP contribution is 2.23. The van der Waals surface area contributed by atoms with Crippen LogP contribution in [0.1, 0.15) is 243 Å². The molecule has 0 bridgehead atoms. The van der Waals surface area contributed by atoms with Crippen LogP contribution in [0.3, 0.4) is 0 Å². The number of hydrogen-bond acceptors (Lipinski definition) is 16. The highest BCUT2D eigenvalue weighted by Gasteiger charge is 2.34. The first-order valence-electron chi connectivity index (χ1n) is 29.8. The van der Waals surface area contributed by atoms with Crippen LogP contribution in [0.15, 0.2) is 30.3 Å². The number of benzene rings is 1. The number of hydroxylamine groups is 2. The lowest BCUT2D eigenvalue weighted by Crippen LogP contribution is -2.40. The fourth-order valence-corrected chi connectivity index (χ4v) is 8.25. The molecule has 1 aliphatic heterocycles. The minimum atomic E-state index is -0.804. The van der Waals surface area contributed by atoms with E-state index in [0.717, 1.165) is 56.9 Å². The van der Waals surface area contributed by atoms with Crippen molar-refractivity contribution in [1.29, 1.82) is 0 Å². The van der Waals surface area contributed by atoms with Gasteiger partial charge >= 0.3 is 36.1 Å². The summed E-state index contributed by atoms with van der Waals surface area (Å²) in [4.78, 5) is 118. The standard InChI is InChI=1S/C33H55NO9.C29H49N3O6/c1-32(2,3)41-29(38)19-17-15-13-11-9-7-8-10-12-14-16-18-26(35)24-25(31(40)42-33(4,5)6)20-23-30(39)43-34-27(36)21-22-28(34)37;1-28(2,3)37-26(34)31(19-11-10-17-25(33)36-23-24-15-8-7-9-16-24)20-12-13-21-32(22-14-18-30)27(35)38-29(4,5)6/h25H,7-24H2,1-6H3;7-9,15-16H,10-14,17-23,30H2,1-6H3/t25-;/m1./s1. The summed E-state index contributed by atoms with van der Waals surface area (Å²) in [5.41, 5.74) is 4.25. The van der Waals surface area contributed by atoms with Gasteiger partial charge in [0.25, 0.3) is 11.8 Å². The van der Waals surface area contributed by atoms with Crippen molar-refractivity contribution in [2.24, 2.45) is 11.7 Å². The second-order valence-electron chi connectivity index (χ2n) is 24.9. The van der Waals surface area contributed by atoms with Gasteiger partial charge in [0.15, 0.2) is 0 Å². The number of esters is 3. The lowest BCUT2D eigenvalue weighted by molar-refractivity contribution is -0.197. The van der Waals surface area contributed by atoms with E-state index in [9.17, 15) is 43.2 Å². The van der Waals surface area contributed by atoms with Gasteiger partial charge in [-0.3, -0.25) is 28.8 Å². The first-order chi connectivity index (χ1) is 37.9. The van der Waals surface area contributed by atoms with Crippen molar-refractivity contribution in [1.82, 2.24) is 14.9 Å². The van der Waals surface area contributed by atoms with E-state index in [1.54, 1.807) is 30.6 Å². The third-order valence-electron chi connectivity index (χ3n) is 12.2. The van der Waals surface area contributed by atoms with Gasteiger partial charge in [0, 0.05) is 71.1 Å². The van der Waals surface area contributed by atoms with Gasteiger partial charge in [0.2, 0.25) is 0 Å². The molecule has 19 nitrogen and oxygen atoms in total. The summed E-state index contributed by atoms with van der Waals surface area (Å²) in [6.45, 7) is 24.6. The lowest BCUT2D eigenvalue weighted by Gasteiger charge is -2.29. The molecule has 0 spiro atoms. The van der Waals surface area contributed by atoms with Crippen molar-refractivity contribution in [3.8, 4) is 0 Å². The summed E-state index contributed by atoms with van der Waals surface area (Å²) < 4.78 is 27.2. The maximum absolute atomic E-state index is 12.8. The number of carbonyl (C=O) groups is 9. The maximum Gasteiger partial charge on any atom is 0.410 e. The van der Waals surface area contributed by atoms with E-state index in [2.05, 4.69) is 0 Å². The van der Waals surface area contributed by atoms with Gasteiger partial charge in [-0.1, -0.05) is 88.1 Å². The average molecular weight is 1150 g/mol. The molecule has 81 heavy (non-hydrogen) atoms. The molecule has 462 valence electrons. The maximum atomic E-state index is 12.8. The number of ketones is 1. The van der Waals surface area contributed by atoms with Crippen LogP contribution in [0.4, 0.5) is 9.59 Å². The number of nitrogens with zero attached hydrogens (tertiary/aromatic N) is 3. The first-order valence-corrected chi connectivity index (χ1v) is 29.8. The van der Waals surface area contributed by atoms with Gasteiger partial charge in [-0.2, -0.15) is 0 Å². The minimum absolute atomic E-state index is 0.00105. The number of unbranched alkanes of at least 4 members (excludes halogenated alkanes) is 12. The largest absolute Gasteiger partial charge is 0.461 e. The summed E-state index contributed by atoms with van der Waals surface area (Å²) in [5.74, 6) is -3.72. The molecular weight excluding hydrogens is 1040 g/mol. The summed E-state index contributed by atoms with van der Waals surface area (Å²) in [6, 6.07) is 9.56. The molecule has 0 aliphatic carbocycles. The van der Waals surface area contributed by atoms with Gasteiger partial charge in [-0.25, -0.2) is 14.4 Å². The highest BCUT2D eigenvalue weighted by molar-refractivity contribution is 6.01. The number of amides is 4. The van der Waals surface area contributed by atoms with Gasteiger partial charge in [0.05, 0.1) is 5.92 Å².